The standard InChI is InChI=1S/C11H24N.2CH2N2/c1-3-4-5-6-9-12(2)10-7-8-11-12;2*2-1-3/h3-11H2,1-2H3;2*2H2/q+1;;. The largest absolute Gasteiger partial charge is 0.337 e. The van der Waals surface area contributed by atoms with Crippen LogP contribution >= 0.6 is 0 Å². The Bertz CT molecular complexity index is 233. The van der Waals surface area contributed by atoms with Gasteiger partial charge in [0, 0.05) is 12.8 Å². The minimum atomic E-state index is 1.25. The zero-order valence-corrected chi connectivity index (χ0v) is 11.9. The lowest BCUT2D eigenvalue weighted by Gasteiger charge is -2.29. The molecule has 1 saturated heterocycles. The molecule has 5 nitrogen and oxygen atoms in total. The van der Waals surface area contributed by atoms with E-state index >= 15 is 0 Å². The SMILES string of the molecule is CCCCCC[N+]1(C)CCCC1.N#CN.N#CN. The van der Waals surface area contributed by atoms with Gasteiger partial charge in [-0.1, -0.05) is 19.8 Å². The van der Waals surface area contributed by atoms with Gasteiger partial charge in [-0.25, -0.2) is 0 Å². The van der Waals surface area contributed by atoms with Gasteiger partial charge in [0.05, 0.1) is 26.7 Å². The van der Waals surface area contributed by atoms with Crippen molar-refractivity contribution in [3.05, 3.63) is 0 Å². The van der Waals surface area contributed by atoms with Gasteiger partial charge in [0.25, 0.3) is 0 Å². The van der Waals surface area contributed by atoms with Gasteiger partial charge in [-0.15, -0.1) is 0 Å². The molecule has 0 aromatic rings. The summed E-state index contributed by atoms with van der Waals surface area (Å²) in [5, 5.41) is 14.2. The molecule has 0 aromatic heterocycles. The summed E-state index contributed by atoms with van der Waals surface area (Å²) in [4.78, 5) is 0. The first-order chi connectivity index (χ1) is 8.60. The minimum Gasteiger partial charge on any atom is -0.337 e. The second kappa shape index (κ2) is 13.6. The molecular formula is C13H28N5+. The molecule has 1 heterocycles. The van der Waals surface area contributed by atoms with Gasteiger partial charge in [-0.3, -0.25) is 0 Å². The highest BCUT2D eigenvalue weighted by Crippen LogP contribution is 2.17. The summed E-state index contributed by atoms with van der Waals surface area (Å²) in [6, 6.07) is 0. The molecule has 1 aliphatic rings. The topological polar surface area (TPSA) is 99.6 Å². The molecule has 4 N–H and O–H groups in total. The van der Waals surface area contributed by atoms with Crippen molar-refractivity contribution >= 4 is 0 Å². The molecule has 1 fully saturated rings. The van der Waals surface area contributed by atoms with Crippen LogP contribution in [0.5, 0.6) is 0 Å². The zero-order chi connectivity index (χ0) is 14.3. The molecule has 0 bridgehead atoms. The number of likely N-dealkylation sites (tertiary alicyclic amines) is 1. The molecule has 0 unspecified atom stereocenters. The number of quaternary nitrogens is 1. The van der Waals surface area contributed by atoms with E-state index in [1.54, 1.807) is 0 Å². The summed E-state index contributed by atoms with van der Waals surface area (Å²) in [6.07, 6.45) is 11.1. The molecule has 1 aliphatic heterocycles. The maximum atomic E-state index is 7.10. The predicted molar refractivity (Wildman–Crippen MR) is 73.8 cm³/mol. The normalized spacial score (nSPS) is 15.1. The van der Waals surface area contributed by atoms with E-state index in [4.69, 9.17) is 10.5 Å². The predicted octanol–water partition coefficient (Wildman–Crippen LogP) is 1.66. The quantitative estimate of drug-likeness (QED) is 0.337. The van der Waals surface area contributed by atoms with Crippen molar-refractivity contribution in [1.29, 1.82) is 10.5 Å². The van der Waals surface area contributed by atoms with E-state index in [-0.39, 0.29) is 0 Å². The van der Waals surface area contributed by atoms with Crippen LogP contribution in [0.4, 0.5) is 0 Å². The fourth-order valence-corrected chi connectivity index (χ4v) is 2.24. The number of hydrogen-bond donors (Lipinski definition) is 2. The van der Waals surface area contributed by atoms with E-state index in [9.17, 15) is 0 Å². The number of hydrogen-bond acceptors (Lipinski definition) is 4. The second-order valence-corrected chi connectivity index (χ2v) is 4.82. The molecule has 18 heavy (non-hydrogen) atoms. The first-order valence-corrected chi connectivity index (χ1v) is 6.63. The molecule has 0 saturated carbocycles. The Kier molecular flexibility index (Phi) is 14.3. The van der Waals surface area contributed by atoms with Gasteiger partial charge >= 0.3 is 0 Å². The fraction of sp³-hybridized carbons (Fsp3) is 0.846. The minimum absolute atomic E-state index is 1.25. The van der Waals surface area contributed by atoms with Crippen molar-refractivity contribution in [3.8, 4) is 12.4 Å². The first kappa shape index (κ1) is 18.9. The molecule has 0 radical (unpaired) electrons. The van der Waals surface area contributed by atoms with Crippen molar-refractivity contribution in [3.63, 3.8) is 0 Å². The van der Waals surface area contributed by atoms with Crippen LogP contribution in [0.25, 0.3) is 0 Å². The van der Waals surface area contributed by atoms with Gasteiger partial charge in [0.2, 0.25) is 0 Å². The maximum Gasteiger partial charge on any atom is 0.173 e. The Labute approximate surface area is 112 Å². The number of nitrogens with zero attached hydrogens (tertiary/aromatic N) is 3. The van der Waals surface area contributed by atoms with Gasteiger partial charge in [0.1, 0.15) is 0 Å². The van der Waals surface area contributed by atoms with Crippen molar-refractivity contribution < 1.29 is 4.48 Å². The summed E-state index contributed by atoms with van der Waals surface area (Å²) < 4.78 is 1.36. The molecule has 104 valence electrons. The van der Waals surface area contributed by atoms with E-state index < -0.39 is 0 Å². The van der Waals surface area contributed by atoms with Crippen LogP contribution in [0, 0.1) is 22.9 Å². The third-order valence-electron chi connectivity index (χ3n) is 3.20. The summed E-state index contributed by atoms with van der Waals surface area (Å²) in [7, 11) is 2.43. The lowest BCUT2D eigenvalue weighted by atomic mass is 10.2. The lowest BCUT2D eigenvalue weighted by molar-refractivity contribution is -0.897. The number of rotatable bonds is 5. The van der Waals surface area contributed by atoms with Gasteiger partial charge < -0.3 is 16.0 Å². The summed E-state index contributed by atoms with van der Waals surface area (Å²) in [5.41, 5.74) is 8.31. The summed E-state index contributed by atoms with van der Waals surface area (Å²) >= 11 is 0. The molecule has 1 rings (SSSR count). The molecule has 0 spiro atoms. The van der Waals surface area contributed by atoms with Crippen LogP contribution in [-0.4, -0.2) is 31.2 Å². The van der Waals surface area contributed by atoms with Gasteiger partial charge in [-0.2, -0.15) is 10.5 Å². The van der Waals surface area contributed by atoms with E-state index in [1.807, 2.05) is 0 Å². The smallest absolute Gasteiger partial charge is 0.173 e. The van der Waals surface area contributed by atoms with E-state index in [1.165, 1.54) is 75.0 Å². The fourth-order valence-electron chi connectivity index (χ4n) is 2.24. The molecular weight excluding hydrogens is 226 g/mol. The van der Waals surface area contributed by atoms with E-state index in [0.717, 1.165) is 0 Å². The van der Waals surface area contributed by atoms with Crippen molar-refractivity contribution in [1.82, 2.24) is 0 Å². The van der Waals surface area contributed by atoms with Crippen LogP contribution < -0.4 is 11.5 Å². The first-order valence-electron chi connectivity index (χ1n) is 6.63. The highest BCUT2D eigenvalue weighted by Gasteiger charge is 2.25. The highest BCUT2D eigenvalue weighted by molar-refractivity contribution is 4.52. The van der Waals surface area contributed by atoms with Crippen molar-refractivity contribution in [2.24, 2.45) is 11.5 Å². The Balaban J connectivity index is 0. The Hall–Kier alpha value is -1.46. The summed E-state index contributed by atoms with van der Waals surface area (Å²) in [5.74, 6) is 0. The number of unbranched alkanes of at least 4 members (excludes halogenated alkanes) is 3. The van der Waals surface area contributed by atoms with Crippen LogP contribution in [0.2, 0.25) is 0 Å². The van der Waals surface area contributed by atoms with Gasteiger partial charge in [-0.05, 0) is 12.8 Å². The molecule has 5 heteroatoms. The average molecular weight is 254 g/mol. The van der Waals surface area contributed by atoms with E-state index in [2.05, 4.69) is 25.4 Å². The Morgan fingerprint density at radius 2 is 1.44 bits per heavy atom. The second-order valence-electron chi connectivity index (χ2n) is 4.82. The summed E-state index contributed by atoms with van der Waals surface area (Å²) in [6.45, 7) is 6.59. The zero-order valence-electron chi connectivity index (χ0n) is 11.9. The average Bonchev–Trinajstić information content (AvgIpc) is 2.74. The van der Waals surface area contributed by atoms with Crippen molar-refractivity contribution in [2.45, 2.75) is 45.4 Å². The van der Waals surface area contributed by atoms with Crippen molar-refractivity contribution in [2.75, 3.05) is 26.7 Å². The van der Waals surface area contributed by atoms with Crippen LogP contribution in [0.15, 0.2) is 0 Å². The Morgan fingerprint density at radius 3 is 1.83 bits per heavy atom. The number of nitriles is 2. The maximum absolute atomic E-state index is 7.10. The van der Waals surface area contributed by atoms with Crippen LogP contribution in [-0.2, 0) is 0 Å². The van der Waals surface area contributed by atoms with Gasteiger partial charge in [0.15, 0.2) is 12.4 Å². The number of nitrogens with two attached hydrogens (primary N) is 2. The van der Waals surface area contributed by atoms with Crippen LogP contribution in [0.3, 0.4) is 0 Å². The molecule has 0 aliphatic carbocycles. The molecule has 0 amide bonds. The van der Waals surface area contributed by atoms with Crippen LogP contribution in [0.1, 0.15) is 45.4 Å². The Morgan fingerprint density at radius 1 is 1.00 bits per heavy atom. The van der Waals surface area contributed by atoms with E-state index in [0.29, 0.717) is 0 Å². The molecule has 0 atom stereocenters. The monoisotopic (exact) mass is 254 g/mol. The highest BCUT2D eigenvalue weighted by atomic mass is 15.3. The third-order valence-corrected chi connectivity index (χ3v) is 3.20. The third kappa shape index (κ3) is 12.6. The lowest BCUT2D eigenvalue weighted by Crippen LogP contribution is -2.41. The molecule has 0 aromatic carbocycles.